The van der Waals surface area contributed by atoms with Crippen molar-refractivity contribution in [1.82, 2.24) is 0 Å². The molecule has 0 spiro atoms. The fourth-order valence-electron chi connectivity index (χ4n) is 1.66. The second kappa shape index (κ2) is 6.43. The van der Waals surface area contributed by atoms with Crippen LogP contribution in [0.25, 0.3) is 0 Å². The summed E-state index contributed by atoms with van der Waals surface area (Å²) in [5, 5.41) is 0.355. The van der Waals surface area contributed by atoms with E-state index in [9.17, 15) is 4.39 Å². The molecule has 0 amide bonds. The minimum atomic E-state index is -0.374. The molecule has 4 heteroatoms. The Morgan fingerprint density at radius 1 is 1.00 bits per heavy atom. The summed E-state index contributed by atoms with van der Waals surface area (Å²) in [7, 11) is 0. The predicted molar refractivity (Wildman–Crippen MR) is 73.4 cm³/mol. The van der Waals surface area contributed by atoms with Crippen molar-refractivity contribution in [2.75, 3.05) is 6.61 Å². The number of para-hydroxylation sites is 2. The van der Waals surface area contributed by atoms with Gasteiger partial charge in [0.05, 0.1) is 11.6 Å². The van der Waals surface area contributed by atoms with Gasteiger partial charge >= 0.3 is 0 Å². The van der Waals surface area contributed by atoms with E-state index in [2.05, 4.69) is 0 Å². The van der Waals surface area contributed by atoms with Gasteiger partial charge in [-0.2, -0.15) is 0 Å². The van der Waals surface area contributed by atoms with E-state index in [0.717, 1.165) is 0 Å². The first-order valence-corrected chi connectivity index (χ1v) is 6.37. The van der Waals surface area contributed by atoms with Gasteiger partial charge in [0.2, 0.25) is 0 Å². The van der Waals surface area contributed by atoms with Crippen LogP contribution in [0.3, 0.4) is 0 Å². The van der Waals surface area contributed by atoms with Gasteiger partial charge in [0, 0.05) is 5.56 Å². The largest absolute Gasteiger partial charge is 0.490 e. The van der Waals surface area contributed by atoms with E-state index in [4.69, 9.17) is 21.1 Å². The maximum atomic E-state index is 13.6. The molecule has 0 bridgehead atoms. The van der Waals surface area contributed by atoms with Crippen molar-refractivity contribution in [3.8, 4) is 11.5 Å². The lowest BCUT2D eigenvalue weighted by Crippen LogP contribution is -2.01. The van der Waals surface area contributed by atoms with Crippen molar-refractivity contribution in [2.45, 2.75) is 13.5 Å². The highest BCUT2D eigenvalue weighted by Gasteiger charge is 2.09. The molecule has 0 saturated heterocycles. The molecule has 19 heavy (non-hydrogen) atoms. The lowest BCUT2D eigenvalue weighted by atomic mass is 10.2. The molecule has 0 N–H and O–H groups in total. The zero-order valence-electron chi connectivity index (χ0n) is 10.5. The first-order chi connectivity index (χ1) is 9.22. The molecule has 2 aromatic carbocycles. The topological polar surface area (TPSA) is 18.5 Å². The van der Waals surface area contributed by atoms with Crippen molar-refractivity contribution in [3.05, 3.63) is 58.9 Å². The van der Waals surface area contributed by atoms with E-state index in [1.54, 1.807) is 18.2 Å². The Bertz CT molecular complexity index is 537. The Morgan fingerprint density at radius 3 is 2.32 bits per heavy atom. The third kappa shape index (κ3) is 3.38. The number of benzene rings is 2. The fourth-order valence-corrected chi connectivity index (χ4v) is 1.88. The SMILES string of the molecule is CCOc1ccccc1OCc1c(F)cccc1Cl. The third-order valence-corrected chi connectivity index (χ3v) is 2.94. The van der Waals surface area contributed by atoms with Gasteiger partial charge in [-0.3, -0.25) is 0 Å². The highest BCUT2D eigenvalue weighted by atomic mass is 35.5. The molecule has 2 rings (SSSR count). The number of ether oxygens (including phenoxy) is 2. The van der Waals surface area contributed by atoms with Gasteiger partial charge < -0.3 is 9.47 Å². The summed E-state index contributed by atoms with van der Waals surface area (Å²) in [5.74, 6) is 0.836. The molecule has 2 aromatic rings. The average molecular weight is 281 g/mol. The van der Waals surface area contributed by atoms with Gasteiger partial charge in [0.25, 0.3) is 0 Å². The van der Waals surface area contributed by atoms with Crippen molar-refractivity contribution in [1.29, 1.82) is 0 Å². The van der Waals surface area contributed by atoms with E-state index < -0.39 is 0 Å². The lowest BCUT2D eigenvalue weighted by molar-refractivity contribution is 0.266. The van der Waals surface area contributed by atoms with E-state index in [1.807, 2.05) is 25.1 Å². The molecule has 0 aliphatic heterocycles. The van der Waals surface area contributed by atoms with Crippen LogP contribution in [-0.4, -0.2) is 6.61 Å². The first-order valence-electron chi connectivity index (χ1n) is 6.00. The highest BCUT2D eigenvalue weighted by molar-refractivity contribution is 6.31. The second-order valence-electron chi connectivity index (χ2n) is 3.87. The van der Waals surface area contributed by atoms with Gasteiger partial charge in [-0.05, 0) is 31.2 Å². The summed E-state index contributed by atoms with van der Waals surface area (Å²) in [6.45, 7) is 2.50. The zero-order chi connectivity index (χ0) is 13.7. The van der Waals surface area contributed by atoms with Crippen molar-refractivity contribution in [3.63, 3.8) is 0 Å². The molecule has 0 aromatic heterocycles. The number of hydrogen-bond acceptors (Lipinski definition) is 2. The maximum absolute atomic E-state index is 13.6. The summed E-state index contributed by atoms with van der Waals surface area (Å²) in [6.07, 6.45) is 0. The smallest absolute Gasteiger partial charge is 0.161 e. The van der Waals surface area contributed by atoms with Crippen LogP contribution in [0.1, 0.15) is 12.5 Å². The number of rotatable bonds is 5. The molecule has 0 aliphatic carbocycles. The molecular formula is C15H14ClFO2. The molecule has 0 unspecified atom stereocenters. The number of hydrogen-bond donors (Lipinski definition) is 0. The Kier molecular flexibility index (Phi) is 4.63. The molecule has 0 radical (unpaired) electrons. The minimum Gasteiger partial charge on any atom is -0.490 e. The quantitative estimate of drug-likeness (QED) is 0.805. The number of halogens is 2. The standard InChI is InChI=1S/C15H14ClFO2/c1-2-18-14-8-3-4-9-15(14)19-10-11-12(16)6-5-7-13(11)17/h3-9H,2,10H2,1H3. The predicted octanol–water partition coefficient (Wildman–Crippen LogP) is 4.46. The zero-order valence-corrected chi connectivity index (χ0v) is 11.3. The van der Waals surface area contributed by atoms with Gasteiger partial charge in [-0.15, -0.1) is 0 Å². The highest BCUT2D eigenvalue weighted by Crippen LogP contribution is 2.28. The minimum absolute atomic E-state index is 0.0651. The van der Waals surface area contributed by atoms with Crippen molar-refractivity contribution >= 4 is 11.6 Å². The van der Waals surface area contributed by atoms with Gasteiger partial charge in [0.1, 0.15) is 12.4 Å². The van der Waals surface area contributed by atoms with E-state index in [0.29, 0.717) is 28.7 Å². The van der Waals surface area contributed by atoms with Crippen LogP contribution in [-0.2, 0) is 6.61 Å². The van der Waals surface area contributed by atoms with Crippen LogP contribution in [0.15, 0.2) is 42.5 Å². The van der Waals surface area contributed by atoms with Gasteiger partial charge in [0.15, 0.2) is 11.5 Å². The Morgan fingerprint density at radius 2 is 1.68 bits per heavy atom. The van der Waals surface area contributed by atoms with Crippen molar-refractivity contribution < 1.29 is 13.9 Å². The summed E-state index contributed by atoms with van der Waals surface area (Å²) in [4.78, 5) is 0. The Labute approximate surface area is 116 Å². The maximum Gasteiger partial charge on any atom is 0.161 e. The molecular weight excluding hydrogens is 267 g/mol. The summed E-state index contributed by atoms with van der Waals surface area (Å²) >= 11 is 5.95. The molecule has 0 aliphatic rings. The second-order valence-corrected chi connectivity index (χ2v) is 4.28. The molecule has 2 nitrogen and oxygen atoms in total. The normalized spacial score (nSPS) is 10.3. The monoisotopic (exact) mass is 280 g/mol. The van der Waals surface area contributed by atoms with Gasteiger partial charge in [-0.1, -0.05) is 29.8 Å². The van der Waals surface area contributed by atoms with Crippen LogP contribution >= 0.6 is 11.6 Å². The summed E-state index contributed by atoms with van der Waals surface area (Å²) < 4.78 is 24.6. The van der Waals surface area contributed by atoms with Crippen LogP contribution in [0.5, 0.6) is 11.5 Å². The summed E-state index contributed by atoms with van der Waals surface area (Å²) in [6, 6.07) is 11.8. The molecule has 0 saturated carbocycles. The van der Waals surface area contributed by atoms with Crippen LogP contribution in [0, 0.1) is 5.82 Å². The van der Waals surface area contributed by atoms with E-state index in [-0.39, 0.29) is 12.4 Å². The lowest BCUT2D eigenvalue weighted by Gasteiger charge is -2.12. The first kappa shape index (κ1) is 13.7. The van der Waals surface area contributed by atoms with Gasteiger partial charge in [-0.25, -0.2) is 4.39 Å². The molecule has 0 heterocycles. The van der Waals surface area contributed by atoms with E-state index in [1.165, 1.54) is 6.07 Å². The molecule has 100 valence electrons. The Hall–Kier alpha value is -1.74. The third-order valence-electron chi connectivity index (χ3n) is 2.58. The molecule has 0 fully saturated rings. The Balaban J connectivity index is 2.15. The molecule has 0 atom stereocenters. The van der Waals surface area contributed by atoms with Crippen LogP contribution < -0.4 is 9.47 Å². The van der Waals surface area contributed by atoms with Crippen LogP contribution in [0.2, 0.25) is 5.02 Å². The van der Waals surface area contributed by atoms with Crippen LogP contribution in [0.4, 0.5) is 4.39 Å². The van der Waals surface area contributed by atoms with Crippen molar-refractivity contribution in [2.24, 2.45) is 0 Å². The van der Waals surface area contributed by atoms with E-state index >= 15 is 0 Å². The average Bonchev–Trinajstić information content (AvgIpc) is 2.40. The fraction of sp³-hybridized carbons (Fsp3) is 0.200. The summed E-state index contributed by atoms with van der Waals surface area (Å²) in [5.41, 5.74) is 0.343.